The fourth-order valence-corrected chi connectivity index (χ4v) is 2.41. The molecule has 17 heavy (non-hydrogen) atoms. The Morgan fingerprint density at radius 2 is 2.29 bits per heavy atom. The first-order chi connectivity index (χ1) is 8.33. The zero-order valence-electron chi connectivity index (χ0n) is 9.68. The number of benzene rings is 1. The van der Waals surface area contributed by atoms with E-state index in [4.69, 9.17) is 9.84 Å². The lowest BCUT2D eigenvalue weighted by Gasteiger charge is -2.07. The molecule has 1 aromatic heterocycles. The molecule has 0 aliphatic heterocycles. The summed E-state index contributed by atoms with van der Waals surface area (Å²) in [5, 5.41) is 13.3. The first-order valence-electron chi connectivity index (χ1n) is 5.66. The van der Waals surface area contributed by atoms with Gasteiger partial charge < -0.3 is 9.84 Å². The zero-order valence-corrected chi connectivity index (χ0v) is 9.68. The van der Waals surface area contributed by atoms with E-state index in [1.54, 1.807) is 7.11 Å². The van der Waals surface area contributed by atoms with Crippen LogP contribution >= 0.6 is 0 Å². The molecule has 0 saturated heterocycles. The quantitative estimate of drug-likeness (QED) is 0.741. The Morgan fingerprint density at radius 3 is 3.06 bits per heavy atom. The van der Waals surface area contributed by atoms with Gasteiger partial charge in [-0.05, 0) is 23.8 Å². The molecular formula is C13H14N2O2. The number of rotatable bonds is 3. The smallest absolute Gasteiger partial charge is 0.119 e. The molecule has 0 saturated carbocycles. The fourth-order valence-electron chi connectivity index (χ4n) is 2.41. The summed E-state index contributed by atoms with van der Waals surface area (Å²) in [6, 6.07) is 6.10. The highest BCUT2D eigenvalue weighted by molar-refractivity contribution is 5.74. The summed E-state index contributed by atoms with van der Waals surface area (Å²) >= 11 is 0. The van der Waals surface area contributed by atoms with Gasteiger partial charge in [-0.1, -0.05) is 0 Å². The molecule has 1 aromatic carbocycles. The zero-order chi connectivity index (χ0) is 11.8. The third kappa shape index (κ3) is 1.52. The van der Waals surface area contributed by atoms with Crippen molar-refractivity contribution in [1.82, 2.24) is 9.78 Å². The molecule has 0 fully saturated rings. The van der Waals surface area contributed by atoms with Crippen LogP contribution in [0.1, 0.15) is 11.1 Å². The molecule has 0 bridgehead atoms. The standard InChI is InChI=1S/C13H14N2O2/c1-17-11-2-3-12-9(7-11)6-10-8-14-15(4-5-16)13(10)12/h2-3,7-8,16H,4-6H2,1H3. The number of aromatic nitrogens is 2. The monoisotopic (exact) mass is 230 g/mol. The fraction of sp³-hybridized carbons (Fsp3) is 0.308. The Labute approximate surface area is 99.5 Å². The van der Waals surface area contributed by atoms with Crippen molar-refractivity contribution >= 4 is 0 Å². The largest absolute Gasteiger partial charge is 0.497 e. The molecule has 88 valence electrons. The van der Waals surface area contributed by atoms with Crippen LogP contribution in [0.25, 0.3) is 11.3 Å². The highest BCUT2D eigenvalue weighted by Gasteiger charge is 2.23. The first kappa shape index (κ1) is 10.4. The SMILES string of the molecule is COc1ccc2c(c1)Cc1cnn(CCO)c1-2. The maximum Gasteiger partial charge on any atom is 0.119 e. The van der Waals surface area contributed by atoms with Crippen molar-refractivity contribution in [3.63, 3.8) is 0 Å². The molecule has 0 amide bonds. The highest BCUT2D eigenvalue weighted by Crippen LogP contribution is 2.38. The van der Waals surface area contributed by atoms with Crippen LogP contribution < -0.4 is 4.74 Å². The molecule has 1 aliphatic carbocycles. The van der Waals surface area contributed by atoms with Crippen LogP contribution in [0.3, 0.4) is 0 Å². The maximum atomic E-state index is 9.02. The second-order valence-corrected chi connectivity index (χ2v) is 4.17. The Kier molecular flexibility index (Phi) is 2.37. The van der Waals surface area contributed by atoms with Crippen LogP contribution in [0.4, 0.5) is 0 Å². The van der Waals surface area contributed by atoms with E-state index in [2.05, 4.69) is 17.2 Å². The Bertz CT molecular complexity index is 561. The molecule has 3 rings (SSSR count). The number of methoxy groups -OCH3 is 1. The van der Waals surface area contributed by atoms with Gasteiger partial charge in [0.05, 0.1) is 32.2 Å². The summed E-state index contributed by atoms with van der Waals surface area (Å²) in [7, 11) is 1.68. The molecule has 1 N–H and O–H groups in total. The van der Waals surface area contributed by atoms with Crippen LogP contribution in [0.2, 0.25) is 0 Å². The van der Waals surface area contributed by atoms with Gasteiger partial charge in [0.15, 0.2) is 0 Å². The van der Waals surface area contributed by atoms with E-state index in [1.807, 2.05) is 16.9 Å². The lowest BCUT2D eigenvalue weighted by Crippen LogP contribution is -2.05. The van der Waals surface area contributed by atoms with Crippen molar-refractivity contribution in [2.24, 2.45) is 0 Å². The summed E-state index contributed by atoms with van der Waals surface area (Å²) < 4.78 is 7.10. The second kappa shape index (κ2) is 3.89. The van der Waals surface area contributed by atoms with Crippen LogP contribution in [0.5, 0.6) is 5.75 Å². The van der Waals surface area contributed by atoms with Crippen LogP contribution in [-0.2, 0) is 13.0 Å². The Balaban J connectivity index is 2.09. The summed E-state index contributed by atoms with van der Waals surface area (Å²) in [4.78, 5) is 0. The lowest BCUT2D eigenvalue weighted by molar-refractivity contribution is 0.270. The van der Waals surface area contributed by atoms with Crippen LogP contribution in [0, 0.1) is 0 Å². The van der Waals surface area contributed by atoms with E-state index in [0.717, 1.165) is 17.9 Å². The van der Waals surface area contributed by atoms with Gasteiger partial charge in [0, 0.05) is 17.5 Å². The molecule has 4 heteroatoms. The van der Waals surface area contributed by atoms with E-state index in [1.165, 1.54) is 16.7 Å². The summed E-state index contributed by atoms with van der Waals surface area (Å²) in [5.74, 6) is 0.885. The molecule has 0 spiro atoms. The maximum absolute atomic E-state index is 9.02. The van der Waals surface area contributed by atoms with Crippen molar-refractivity contribution in [2.45, 2.75) is 13.0 Å². The Hall–Kier alpha value is -1.81. The lowest BCUT2D eigenvalue weighted by atomic mass is 10.1. The van der Waals surface area contributed by atoms with E-state index >= 15 is 0 Å². The highest BCUT2D eigenvalue weighted by atomic mass is 16.5. The van der Waals surface area contributed by atoms with Gasteiger partial charge in [-0.3, -0.25) is 4.68 Å². The number of hydrogen-bond acceptors (Lipinski definition) is 3. The number of ether oxygens (including phenoxy) is 1. The number of fused-ring (bicyclic) bond motifs is 3. The minimum Gasteiger partial charge on any atom is -0.497 e. The van der Waals surface area contributed by atoms with Gasteiger partial charge in [-0.15, -0.1) is 0 Å². The summed E-state index contributed by atoms with van der Waals surface area (Å²) in [6.07, 6.45) is 2.78. The topological polar surface area (TPSA) is 47.3 Å². The van der Waals surface area contributed by atoms with Crippen LogP contribution in [0.15, 0.2) is 24.4 Å². The number of nitrogens with zero attached hydrogens (tertiary/aromatic N) is 2. The van der Waals surface area contributed by atoms with E-state index < -0.39 is 0 Å². The third-order valence-corrected chi connectivity index (χ3v) is 3.18. The predicted molar refractivity (Wildman–Crippen MR) is 64.1 cm³/mol. The first-order valence-corrected chi connectivity index (χ1v) is 5.66. The molecule has 0 unspecified atom stereocenters. The number of hydrogen-bond donors (Lipinski definition) is 1. The minimum absolute atomic E-state index is 0.111. The average Bonchev–Trinajstić information content (AvgIpc) is 2.88. The van der Waals surface area contributed by atoms with Gasteiger partial charge in [-0.2, -0.15) is 5.10 Å². The van der Waals surface area contributed by atoms with Gasteiger partial charge in [0.25, 0.3) is 0 Å². The van der Waals surface area contributed by atoms with Gasteiger partial charge in [0.2, 0.25) is 0 Å². The molecule has 2 aromatic rings. The number of aliphatic hydroxyl groups excluding tert-OH is 1. The van der Waals surface area contributed by atoms with Gasteiger partial charge in [-0.25, -0.2) is 0 Å². The minimum atomic E-state index is 0.111. The van der Waals surface area contributed by atoms with E-state index in [-0.39, 0.29) is 6.61 Å². The molecule has 0 atom stereocenters. The average molecular weight is 230 g/mol. The van der Waals surface area contributed by atoms with E-state index in [9.17, 15) is 0 Å². The van der Waals surface area contributed by atoms with Crippen molar-refractivity contribution in [3.8, 4) is 17.0 Å². The summed E-state index contributed by atoms with van der Waals surface area (Å²) in [6.45, 7) is 0.653. The molecule has 0 radical (unpaired) electrons. The van der Waals surface area contributed by atoms with E-state index in [0.29, 0.717) is 6.54 Å². The molecule has 1 aliphatic rings. The summed E-state index contributed by atoms with van der Waals surface area (Å²) in [5.41, 5.74) is 4.83. The van der Waals surface area contributed by atoms with Crippen molar-refractivity contribution in [1.29, 1.82) is 0 Å². The van der Waals surface area contributed by atoms with Crippen molar-refractivity contribution in [3.05, 3.63) is 35.5 Å². The van der Waals surface area contributed by atoms with Gasteiger partial charge >= 0.3 is 0 Å². The van der Waals surface area contributed by atoms with Crippen LogP contribution in [-0.4, -0.2) is 28.6 Å². The van der Waals surface area contributed by atoms with Crippen molar-refractivity contribution < 1.29 is 9.84 Å². The second-order valence-electron chi connectivity index (χ2n) is 4.17. The van der Waals surface area contributed by atoms with Crippen molar-refractivity contribution in [2.75, 3.05) is 13.7 Å². The number of aliphatic hydroxyl groups is 1. The predicted octanol–water partition coefficient (Wildman–Crippen LogP) is 1.46. The molecule has 1 heterocycles. The van der Waals surface area contributed by atoms with Gasteiger partial charge in [0.1, 0.15) is 5.75 Å². The molecular weight excluding hydrogens is 216 g/mol. The molecule has 4 nitrogen and oxygen atoms in total. The Morgan fingerprint density at radius 1 is 1.41 bits per heavy atom. The third-order valence-electron chi connectivity index (χ3n) is 3.18. The normalized spacial score (nSPS) is 12.4.